The van der Waals surface area contributed by atoms with Crippen molar-refractivity contribution in [3.8, 4) is 22.8 Å². The fraction of sp³-hybridized carbons (Fsp3) is 0.222. The van der Waals surface area contributed by atoms with E-state index in [9.17, 15) is 0 Å². The number of aromatic nitrogens is 6. The number of rotatable bonds is 3. The van der Waals surface area contributed by atoms with Gasteiger partial charge in [0.25, 0.3) is 0 Å². The van der Waals surface area contributed by atoms with Gasteiger partial charge >= 0.3 is 0 Å². The minimum absolute atomic E-state index is 0.626. The Morgan fingerprint density at radius 3 is 2.64 bits per heavy atom. The highest BCUT2D eigenvalue weighted by Gasteiger charge is 2.15. The van der Waals surface area contributed by atoms with Gasteiger partial charge in [0.05, 0.1) is 31.0 Å². The number of hydrogen-bond acceptors (Lipinski definition) is 5. The van der Waals surface area contributed by atoms with Gasteiger partial charge in [-0.05, 0) is 32.0 Å². The lowest BCUT2D eigenvalue weighted by Crippen LogP contribution is -2.04. The molecule has 0 atom stereocenters. The second-order valence-electron chi connectivity index (χ2n) is 5.98. The highest BCUT2D eigenvalue weighted by Crippen LogP contribution is 2.29. The lowest BCUT2D eigenvalue weighted by atomic mass is 10.1. The Bertz CT molecular complexity index is 1080. The molecule has 0 N–H and O–H groups in total. The molecular weight excluding hydrogens is 316 g/mol. The van der Waals surface area contributed by atoms with Gasteiger partial charge in [-0.25, -0.2) is 19.6 Å². The van der Waals surface area contributed by atoms with Gasteiger partial charge in [0.1, 0.15) is 11.3 Å². The molecule has 0 fully saturated rings. The minimum Gasteiger partial charge on any atom is -0.497 e. The van der Waals surface area contributed by atoms with E-state index in [0.717, 1.165) is 39.6 Å². The van der Waals surface area contributed by atoms with Crippen LogP contribution in [0.25, 0.3) is 28.2 Å². The maximum atomic E-state index is 5.39. The molecule has 126 valence electrons. The molecule has 25 heavy (non-hydrogen) atoms. The summed E-state index contributed by atoms with van der Waals surface area (Å²) in [5.41, 5.74) is 5.32. The highest BCUT2D eigenvalue weighted by molar-refractivity contribution is 5.76. The lowest BCUT2D eigenvalue weighted by Gasteiger charge is -2.12. The topological polar surface area (TPSA) is 70.7 Å². The molecule has 4 aromatic rings. The Kier molecular flexibility index (Phi) is 3.49. The molecule has 0 aliphatic carbocycles. The first kappa shape index (κ1) is 15.3. The van der Waals surface area contributed by atoms with E-state index in [1.165, 1.54) is 0 Å². The second-order valence-corrected chi connectivity index (χ2v) is 5.98. The predicted molar refractivity (Wildman–Crippen MR) is 94.9 cm³/mol. The van der Waals surface area contributed by atoms with Crippen molar-refractivity contribution in [1.29, 1.82) is 0 Å². The maximum absolute atomic E-state index is 5.39. The summed E-state index contributed by atoms with van der Waals surface area (Å²) >= 11 is 0. The summed E-state index contributed by atoms with van der Waals surface area (Å²) in [5.74, 6) is 1.38. The van der Waals surface area contributed by atoms with E-state index in [1.807, 2.05) is 54.4 Å². The molecule has 7 nitrogen and oxygen atoms in total. The molecule has 0 unspecified atom stereocenters. The predicted octanol–water partition coefficient (Wildman–Crippen LogP) is 2.84. The van der Waals surface area contributed by atoms with E-state index >= 15 is 0 Å². The van der Waals surface area contributed by atoms with Crippen LogP contribution in [0.3, 0.4) is 0 Å². The minimum atomic E-state index is 0.626. The number of ether oxygens (including phenoxy) is 1. The Morgan fingerprint density at radius 2 is 1.92 bits per heavy atom. The largest absolute Gasteiger partial charge is 0.497 e. The molecule has 7 heteroatoms. The van der Waals surface area contributed by atoms with Crippen LogP contribution in [0.5, 0.6) is 5.75 Å². The summed E-state index contributed by atoms with van der Waals surface area (Å²) in [5, 5.41) is 4.60. The van der Waals surface area contributed by atoms with Crippen LogP contribution in [0.2, 0.25) is 0 Å². The van der Waals surface area contributed by atoms with E-state index in [-0.39, 0.29) is 0 Å². The molecule has 3 heterocycles. The van der Waals surface area contributed by atoms with Crippen molar-refractivity contribution in [1.82, 2.24) is 29.3 Å². The van der Waals surface area contributed by atoms with Crippen LogP contribution in [0.4, 0.5) is 0 Å². The van der Waals surface area contributed by atoms with Crippen LogP contribution >= 0.6 is 0 Å². The molecule has 0 radical (unpaired) electrons. The third-order valence-corrected chi connectivity index (χ3v) is 4.14. The van der Waals surface area contributed by atoms with Gasteiger partial charge in [-0.15, -0.1) is 0 Å². The number of aryl methyl sites for hydroxylation is 3. The first-order valence-corrected chi connectivity index (χ1v) is 7.93. The van der Waals surface area contributed by atoms with Crippen molar-refractivity contribution in [3.05, 3.63) is 48.2 Å². The standard InChI is InChI=1S/C18H18N6O/c1-11-7-12(2)24(22-11)16-8-13(25-4)5-6-14(16)17-19-9-15-18(21-17)23(3)10-20-15/h5-10H,1-4H3. The summed E-state index contributed by atoms with van der Waals surface area (Å²) in [6.45, 7) is 4.00. The summed E-state index contributed by atoms with van der Waals surface area (Å²) < 4.78 is 9.17. The smallest absolute Gasteiger partial charge is 0.163 e. The molecule has 0 aliphatic rings. The molecule has 1 aromatic carbocycles. The van der Waals surface area contributed by atoms with E-state index in [0.29, 0.717) is 5.82 Å². The quantitative estimate of drug-likeness (QED) is 0.576. The Morgan fingerprint density at radius 1 is 1.08 bits per heavy atom. The zero-order valence-electron chi connectivity index (χ0n) is 14.6. The van der Waals surface area contributed by atoms with Crippen LogP contribution in [0, 0.1) is 13.8 Å². The van der Waals surface area contributed by atoms with E-state index in [1.54, 1.807) is 19.6 Å². The molecule has 0 aliphatic heterocycles. The number of fused-ring (bicyclic) bond motifs is 1. The van der Waals surface area contributed by atoms with Crippen LogP contribution in [0.1, 0.15) is 11.4 Å². The van der Waals surface area contributed by atoms with Gasteiger partial charge in [0, 0.05) is 24.4 Å². The number of hydrogen-bond donors (Lipinski definition) is 0. The second kappa shape index (κ2) is 5.70. The van der Waals surface area contributed by atoms with Crippen LogP contribution in [0.15, 0.2) is 36.8 Å². The summed E-state index contributed by atoms with van der Waals surface area (Å²) in [6, 6.07) is 7.85. The van der Waals surface area contributed by atoms with Crippen molar-refractivity contribution in [2.45, 2.75) is 13.8 Å². The molecule has 0 spiro atoms. The molecule has 0 amide bonds. The average Bonchev–Trinajstić information content (AvgIpc) is 3.16. The Balaban J connectivity index is 1.96. The van der Waals surface area contributed by atoms with E-state index < -0.39 is 0 Å². The Hall–Kier alpha value is -3.22. The molecule has 0 bridgehead atoms. The molecule has 0 saturated heterocycles. The number of methoxy groups -OCH3 is 1. The first-order chi connectivity index (χ1) is 12.1. The lowest BCUT2D eigenvalue weighted by molar-refractivity contribution is 0.414. The van der Waals surface area contributed by atoms with Crippen LogP contribution < -0.4 is 4.74 Å². The van der Waals surface area contributed by atoms with Gasteiger partial charge < -0.3 is 9.30 Å². The molecular formula is C18H18N6O. The van der Waals surface area contributed by atoms with Crippen LogP contribution in [-0.2, 0) is 7.05 Å². The van der Waals surface area contributed by atoms with Gasteiger partial charge in [-0.3, -0.25) is 0 Å². The monoisotopic (exact) mass is 334 g/mol. The van der Waals surface area contributed by atoms with Crippen molar-refractivity contribution >= 4 is 11.2 Å². The summed E-state index contributed by atoms with van der Waals surface area (Å²) in [6.07, 6.45) is 3.48. The maximum Gasteiger partial charge on any atom is 0.163 e. The number of imidazole rings is 1. The number of benzene rings is 1. The summed E-state index contributed by atoms with van der Waals surface area (Å²) in [4.78, 5) is 13.5. The first-order valence-electron chi connectivity index (χ1n) is 7.93. The summed E-state index contributed by atoms with van der Waals surface area (Å²) in [7, 11) is 3.57. The van der Waals surface area contributed by atoms with Crippen molar-refractivity contribution in [3.63, 3.8) is 0 Å². The van der Waals surface area contributed by atoms with Gasteiger partial charge in [-0.1, -0.05) is 0 Å². The van der Waals surface area contributed by atoms with Gasteiger partial charge in [-0.2, -0.15) is 5.10 Å². The SMILES string of the molecule is COc1ccc(-c2ncc3ncn(C)c3n2)c(-n2nc(C)cc2C)c1. The number of nitrogens with zero attached hydrogens (tertiary/aromatic N) is 6. The highest BCUT2D eigenvalue weighted by atomic mass is 16.5. The average molecular weight is 334 g/mol. The van der Waals surface area contributed by atoms with E-state index in [2.05, 4.69) is 15.1 Å². The zero-order chi connectivity index (χ0) is 17.6. The molecule has 0 saturated carbocycles. The third kappa shape index (κ3) is 2.53. The van der Waals surface area contributed by atoms with Crippen molar-refractivity contribution in [2.75, 3.05) is 7.11 Å². The van der Waals surface area contributed by atoms with Gasteiger partial charge in [0.15, 0.2) is 11.5 Å². The van der Waals surface area contributed by atoms with Crippen molar-refractivity contribution < 1.29 is 4.74 Å². The Labute approximate surface area is 144 Å². The normalized spacial score (nSPS) is 11.2. The molecule has 4 rings (SSSR count). The van der Waals surface area contributed by atoms with Gasteiger partial charge in [0.2, 0.25) is 0 Å². The van der Waals surface area contributed by atoms with Crippen molar-refractivity contribution in [2.24, 2.45) is 7.05 Å². The van der Waals surface area contributed by atoms with E-state index in [4.69, 9.17) is 9.72 Å². The fourth-order valence-corrected chi connectivity index (χ4v) is 2.93. The third-order valence-electron chi connectivity index (χ3n) is 4.14. The van der Waals surface area contributed by atoms with Crippen LogP contribution in [-0.4, -0.2) is 36.4 Å². The fourth-order valence-electron chi connectivity index (χ4n) is 2.93. The molecule has 3 aromatic heterocycles. The zero-order valence-corrected chi connectivity index (χ0v) is 14.6.